The molecule has 0 aromatic carbocycles. The fourth-order valence-electron chi connectivity index (χ4n) is 6.77. The van der Waals surface area contributed by atoms with Crippen molar-refractivity contribution < 1.29 is 47.5 Å². The summed E-state index contributed by atoms with van der Waals surface area (Å²) < 4.78 is 32.8. The molecule has 0 spiro atoms. The lowest BCUT2D eigenvalue weighted by atomic mass is 10.0. The molecule has 342 valence electrons. The third-order valence-corrected chi connectivity index (χ3v) is 11.5. The number of hydrogen-bond donors (Lipinski definition) is 3. The Hall–Kier alpha value is -1.78. The van der Waals surface area contributed by atoms with E-state index in [1.165, 1.54) is 148 Å². The van der Waals surface area contributed by atoms with E-state index in [2.05, 4.69) is 30.5 Å². The number of phosphoric ester groups is 1. The van der Waals surface area contributed by atoms with Crippen molar-refractivity contribution in [2.24, 2.45) is 5.73 Å². The highest BCUT2D eigenvalue weighted by atomic mass is 31.2. The Morgan fingerprint density at radius 2 is 0.862 bits per heavy atom. The van der Waals surface area contributed by atoms with Crippen LogP contribution in [0, 0.1) is 0 Å². The maximum Gasteiger partial charge on any atom is 0.472 e. The minimum Gasteiger partial charge on any atom is -0.480 e. The third-order valence-electron chi connectivity index (χ3n) is 10.5. The summed E-state index contributed by atoms with van der Waals surface area (Å²) in [6.45, 7) is 2.83. The van der Waals surface area contributed by atoms with E-state index in [0.717, 1.165) is 44.9 Å². The fraction of sp³-hybridized carbons (Fsp3) is 0.891. The average Bonchev–Trinajstić information content (AvgIpc) is 3.20. The highest BCUT2D eigenvalue weighted by Crippen LogP contribution is 2.43. The molecule has 12 heteroatoms. The molecule has 0 fully saturated rings. The normalized spacial score (nSPS) is 13.7. The Bertz CT molecular complexity index is 1040. The number of aliphatic carboxylic acids is 1. The third kappa shape index (κ3) is 41.0. The number of unbranched alkanes of at least 4 members (excludes halogenated alkanes) is 29. The lowest BCUT2D eigenvalue weighted by Gasteiger charge is -2.20. The number of carboxylic acid groups (broad SMARTS) is 1. The van der Waals surface area contributed by atoms with Crippen LogP contribution in [0.3, 0.4) is 0 Å². The Labute approximate surface area is 354 Å². The van der Waals surface area contributed by atoms with E-state index in [-0.39, 0.29) is 19.4 Å². The molecule has 11 nitrogen and oxygen atoms in total. The smallest absolute Gasteiger partial charge is 0.472 e. The Morgan fingerprint density at radius 3 is 1.26 bits per heavy atom. The predicted octanol–water partition coefficient (Wildman–Crippen LogP) is 12.8. The molecule has 58 heavy (non-hydrogen) atoms. The van der Waals surface area contributed by atoms with Gasteiger partial charge in [0.25, 0.3) is 0 Å². The van der Waals surface area contributed by atoms with Gasteiger partial charge in [0.2, 0.25) is 0 Å². The number of carbonyl (C=O) groups is 3. The monoisotopic (exact) mass is 846 g/mol. The van der Waals surface area contributed by atoms with Gasteiger partial charge in [-0.2, -0.15) is 0 Å². The molecule has 1 unspecified atom stereocenters. The van der Waals surface area contributed by atoms with Gasteiger partial charge in [-0.3, -0.25) is 23.4 Å². The van der Waals surface area contributed by atoms with Crippen molar-refractivity contribution in [2.75, 3.05) is 19.8 Å². The van der Waals surface area contributed by atoms with Crippen LogP contribution in [-0.2, 0) is 37.5 Å². The van der Waals surface area contributed by atoms with Crippen LogP contribution in [0.25, 0.3) is 0 Å². The number of ether oxygens (including phenoxy) is 2. The maximum atomic E-state index is 12.7. The molecule has 3 atom stereocenters. The second-order valence-corrected chi connectivity index (χ2v) is 17.7. The lowest BCUT2D eigenvalue weighted by Crippen LogP contribution is -2.34. The summed E-state index contributed by atoms with van der Waals surface area (Å²) in [5.74, 6) is -2.37. The summed E-state index contributed by atoms with van der Waals surface area (Å²) in [6.07, 6.45) is 42.7. The van der Waals surface area contributed by atoms with Crippen LogP contribution in [0.2, 0.25) is 0 Å². The van der Waals surface area contributed by atoms with Crippen molar-refractivity contribution >= 4 is 25.7 Å². The molecule has 0 aromatic heterocycles. The molecule has 4 N–H and O–H groups in total. The summed E-state index contributed by atoms with van der Waals surface area (Å²) in [6, 6.07) is -1.52. The van der Waals surface area contributed by atoms with Crippen molar-refractivity contribution in [2.45, 2.75) is 244 Å². The minimum atomic E-state index is -4.71. The van der Waals surface area contributed by atoms with Gasteiger partial charge in [0.05, 0.1) is 13.2 Å². The number of nitrogens with two attached hydrogens (primary N) is 1. The molecular formula is C46H88NO10P. The van der Waals surface area contributed by atoms with E-state index in [9.17, 15) is 23.8 Å². The Kier molecular flexibility index (Phi) is 40.6. The molecule has 0 saturated heterocycles. The van der Waals surface area contributed by atoms with Gasteiger partial charge in [-0.25, -0.2) is 4.57 Å². The van der Waals surface area contributed by atoms with Crippen LogP contribution in [0.4, 0.5) is 0 Å². The second-order valence-electron chi connectivity index (χ2n) is 16.2. The first-order valence-electron chi connectivity index (χ1n) is 23.7. The van der Waals surface area contributed by atoms with Crippen molar-refractivity contribution in [3.8, 4) is 0 Å². The predicted molar refractivity (Wildman–Crippen MR) is 236 cm³/mol. The van der Waals surface area contributed by atoms with E-state index in [1.807, 2.05) is 0 Å². The molecule has 0 aliphatic carbocycles. The van der Waals surface area contributed by atoms with E-state index in [0.29, 0.717) is 12.8 Å². The fourth-order valence-corrected chi connectivity index (χ4v) is 7.55. The van der Waals surface area contributed by atoms with Crippen molar-refractivity contribution in [3.05, 3.63) is 12.2 Å². The van der Waals surface area contributed by atoms with Crippen molar-refractivity contribution in [1.29, 1.82) is 0 Å². The van der Waals surface area contributed by atoms with Crippen LogP contribution in [-0.4, -0.2) is 59.9 Å². The van der Waals surface area contributed by atoms with Crippen LogP contribution in [0.1, 0.15) is 232 Å². The van der Waals surface area contributed by atoms with Crippen LogP contribution >= 0.6 is 7.82 Å². The number of rotatable bonds is 45. The van der Waals surface area contributed by atoms with Crippen molar-refractivity contribution in [3.63, 3.8) is 0 Å². The second kappa shape index (κ2) is 41.9. The van der Waals surface area contributed by atoms with Gasteiger partial charge in [0.1, 0.15) is 12.6 Å². The van der Waals surface area contributed by atoms with Gasteiger partial charge in [0.15, 0.2) is 6.10 Å². The number of carboxylic acids is 1. The highest BCUT2D eigenvalue weighted by Gasteiger charge is 2.28. The quantitative estimate of drug-likeness (QED) is 0.0230. The van der Waals surface area contributed by atoms with Crippen LogP contribution < -0.4 is 5.73 Å². The Balaban J connectivity index is 4.28. The molecule has 0 aromatic rings. The molecule has 0 rings (SSSR count). The zero-order valence-corrected chi connectivity index (χ0v) is 38.1. The number of esters is 2. The van der Waals surface area contributed by atoms with Gasteiger partial charge < -0.3 is 25.2 Å². The molecule has 0 heterocycles. The summed E-state index contributed by atoms with van der Waals surface area (Å²) in [7, 11) is -4.71. The molecule has 0 saturated carbocycles. The lowest BCUT2D eigenvalue weighted by molar-refractivity contribution is -0.161. The van der Waals surface area contributed by atoms with Crippen LogP contribution in [0.15, 0.2) is 12.2 Å². The number of phosphoric acid groups is 1. The van der Waals surface area contributed by atoms with Gasteiger partial charge >= 0.3 is 25.7 Å². The number of carbonyl (C=O) groups excluding carboxylic acids is 2. The minimum absolute atomic E-state index is 0.161. The van der Waals surface area contributed by atoms with Crippen molar-refractivity contribution in [1.82, 2.24) is 0 Å². The van der Waals surface area contributed by atoms with Gasteiger partial charge in [-0.05, 0) is 38.5 Å². The summed E-state index contributed by atoms with van der Waals surface area (Å²) in [5, 5.41) is 8.90. The Morgan fingerprint density at radius 1 is 0.517 bits per heavy atom. The first-order valence-corrected chi connectivity index (χ1v) is 25.2. The molecule has 0 bridgehead atoms. The zero-order chi connectivity index (χ0) is 42.8. The summed E-state index contributed by atoms with van der Waals surface area (Å²) >= 11 is 0. The summed E-state index contributed by atoms with van der Waals surface area (Å²) in [5.41, 5.74) is 5.34. The molecule has 0 aliphatic heterocycles. The molecule has 0 amide bonds. The first kappa shape index (κ1) is 56.2. The first-order chi connectivity index (χ1) is 28.1. The average molecular weight is 846 g/mol. The maximum absolute atomic E-state index is 12.7. The SMILES string of the molecule is CCCCCCCCCC/C=C\CCCCCCCCCC(=O)O[C@H](COC(=O)CCCCCCCCCCCCCCCCC)COP(=O)(O)OC[C@H](N)C(=O)O. The standard InChI is InChI=1S/C46H88NO10P/c1-3-5-7-9-11-13-15-17-19-20-21-22-24-26-28-30-32-34-36-38-45(49)57-42(40-55-58(52,53)56-41-43(47)46(50)51)39-54-44(48)37-35-33-31-29-27-25-23-18-16-14-12-10-8-6-4-2/h20-21,42-43H,3-19,22-41,47H2,1-2H3,(H,50,51)(H,52,53)/b21-20-/t42-,43+/m1/s1. The van der Waals surface area contributed by atoms with E-state index < -0.39 is 51.1 Å². The molecule has 0 aliphatic rings. The van der Waals surface area contributed by atoms with Gasteiger partial charge in [-0.15, -0.1) is 0 Å². The molecular weight excluding hydrogens is 757 g/mol. The van der Waals surface area contributed by atoms with E-state index >= 15 is 0 Å². The number of hydrogen-bond acceptors (Lipinski definition) is 9. The molecule has 0 radical (unpaired) electrons. The van der Waals surface area contributed by atoms with Crippen LogP contribution in [0.5, 0.6) is 0 Å². The summed E-state index contributed by atoms with van der Waals surface area (Å²) in [4.78, 5) is 46.0. The van der Waals surface area contributed by atoms with E-state index in [4.69, 9.17) is 24.8 Å². The number of allylic oxidation sites excluding steroid dienone is 2. The highest BCUT2D eigenvalue weighted by molar-refractivity contribution is 7.47. The largest absolute Gasteiger partial charge is 0.480 e. The topological polar surface area (TPSA) is 172 Å². The zero-order valence-electron chi connectivity index (χ0n) is 37.2. The van der Waals surface area contributed by atoms with E-state index in [1.54, 1.807) is 0 Å². The van der Waals surface area contributed by atoms with Gasteiger partial charge in [-0.1, -0.05) is 193 Å². The van der Waals surface area contributed by atoms with Gasteiger partial charge in [0, 0.05) is 12.8 Å².